The number of methoxy groups -OCH3 is 1. The van der Waals surface area contributed by atoms with Gasteiger partial charge in [0, 0.05) is 19.4 Å². The summed E-state index contributed by atoms with van der Waals surface area (Å²) in [4.78, 5) is 10.5. The lowest BCUT2D eigenvalue weighted by Crippen LogP contribution is -2.40. The van der Waals surface area contributed by atoms with Crippen LogP contribution in [0.1, 0.15) is 13.3 Å². The van der Waals surface area contributed by atoms with Gasteiger partial charge >= 0.3 is 5.97 Å². The van der Waals surface area contributed by atoms with Crippen LogP contribution >= 0.6 is 0 Å². The molecule has 0 spiro atoms. The van der Waals surface area contributed by atoms with Crippen LogP contribution in [0, 0.1) is 5.92 Å². The lowest BCUT2D eigenvalue weighted by molar-refractivity contribution is -0.163. The molecule has 70 valence electrons. The van der Waals surface area contributed by atoms with Crippen LogP contribution in [-0.4, -0.2) is 37.0 Å². The second-order valence-electron chi connectivity index (χ2n) is 3.15. The molecule has 4 nitrogen and oxygen atoms in total. The molecule has 1 fully saturated rings. The Morgan fingerprint density at radius 1 is 1.67 bits per heavy atom. The summed E-state index contributed by atoms with van der Waals surface area (Å²) in [6, 6.07) is 0. The van der Waals surface area contributed by atoms with E-state index in [0.29, 0.717) is 13.0 Å². The first-order valence-electron chi connectivity index (χ1n) is 4.02. The summed E-state index contributed by atoms with van der Waals surface area (Å²) in [5.41, 5.74) is 0. The van der Waals surface area contributed by atoms with E-state index < -0.39 is 12.1 Å². The highest BCUT2D eigenvalue weighted by atomic mass is 16.5. The number of rotatable bonds is 2. The highest BCUT2D eigenvalue weighted by Crippen LogP contribution is 2.21. The van der Waals surface area contributed by atoms with E-state index in [4.69, 9.17) is 14.6 Å². The Labute approximate surface area is 71.5 Å². The van der Waals surface area contributed by atoms with Crippen LogP contribution in [0.4, 0.5) is 0 Å². The summed E-state index contributed by atoms with van der Waals surface area (Å²) in [6.45, 7) is 2.46. The SMILES string of the molecule is CO[C@H]1CC(C(=O)O)OCC1C. The molecule has 0 aromatic heterocycles. The Hall–Kier alpha value is -0.610. The predicted octanol–water partition coefficient (Wildman–Crippen LogP) is 0.511. The third-order valence-corrected chi connectivity index (χ3v) is 2.22. The Morgan fingerprint density at radius 2 is 2.33 bits per heavy atom. The Bertz CT molecular complexity index is 168. The number of aliphatic carboxylic acids is 1. The number of hydrogen-bond acceptors (Lipinski definition) is 3. The summed E-state index contributed by atoms with van der Waals surface area (Å²) in [5, 5.41) is 8.66. The zero-order valence-corrected chi connectivity index (χ0v) is 7.32. The van der Waals surface area contributed by atoms with Crippen LogP contribution in [0.2, 0.25) is 0 Å². The predicted molar refractivity (Wildman–Crippen MR) is 42.0 cm³/mol. The van der Waals surface area contributed by atoms with Crippen molar-refractivity contribution in [2.75, 3.05) is 13.7 Å². The molecule has 1 aliphatic rings. The van der Waals surface area contributed by atoms with Crippen LogP contribution in [0.15, 0.2) is 0 Å². The second kappa shape index (κ2) is 3.87. The van der Waals surface area contributed by atoms with E-state index in [1.807, 2.05) is 6.92 Å². The third-order valence-electron chi connectivity index (χ3n) is 2.22. The highest BCUT2D eigenvalue weighted by Gasteiger charge is 2.32. The quantitative estimate of drug-likeness (QED) is 0.662. The van der Waals surface area contributed by atoms with Gasteiger partial charge in [0.15, 0.2) is 6.10 Å². The summed E-state index contributed by atoms with van der Waals surface area (Å²) in [7, 11) is 1.60. The molecule has 2 unspecified atom stereocenters. The van der Waals surface area contributed by atoms with Crippen LogP contribution in [0.5, 0.6) is 0 Å². The van der Waals surface area contributed by atoms with Gasteiger partial charge in [0.1, 0.15) is 0 Å². The van der Waals surface area contributed by atoms with Crippen LogP contribution in [0.25, 0.3) is 0 Å². The zero-order valence-electron chi connectivity index (χ0n) is 7.32. The fourth-order valence-electron chi connectivity index (χ4n) is 1.39. The van der Waals surface area contributed by atoms with Crippen molar-refractivity contribution in [1.82, 2.24) is 0 Å². The van der Waals surface area contributed by atoms with Gasteiger partial charge in [-0.1, -0.05) is 6.92 Å². The van der Waals surface area contributed by atoms with E-state index in [1.54, 1.807) is 7.11 Å². The molecule has 1 aliphatic heterocycles. The van der Waals surface area contributed by atoms with Crippen LogP contribution in [-0.2, 0) is 14.3 Å². The summed E-state index contributed by atoms with van der Waals surface area (Å²) in [6.07, 6.45) is -0.224. The first kappa shape index (κ1) is 9.48. The van der Waals surface area contributed by atoms with Crippen molar-refractivity contribution in [3.05, 3.63) is 0 Å². The highest BCUT2D eigenvalue weighted by molar-refractivity contribution is 5.72. The molecule has 0 amide bonds. The van der Waals surface area contributed by atoms with Crippen molar-refractivity contribution in [3.63, 3.8) is 0 Å². The standard InChI is InChI=1S/C8H14O4/c1-5-4-12-7(8(9)10)3-6(5)11-2/h5-7H,3-4H2,1-2H3,(H,9,10)/t5?,6-,7?/m0/s1. The Balaban J connectivity index is 2.49. The third kappa shape index (κ3) is 1.95. The normalized spacial score (nSPS) is 36.3. The average molecular weight is 174 g/mol. The van der Waals surface area contributed by atoms with Gasteiger partial charge < -0.3 is 14.6 Å². The maximum absolute atomic E-state index is 10.5. The molecule has 1 heterocycles. The fourth-order valence-corrected chi connectivity index (χ4v) is 1.39. The van der Waals surface area contributed by atoms with Gasteiger partial charge in [-0.3, -0.25) is 0 Å². The topological polar surface area (TPSA) is 55.8 Å². The zero-order chi connectivity index (χ0) is 9.14. The van der Waals surface area contributed by atoms with Gasteiger partial charge in [0.25, 0.3) is 0 Å². The van der Waals surface area contributed by atoms with Crippen LogP contribution < -0.4 is 0 Å². The van der Waals surface area contributed by atoms with E-state index in [9.17, 15) is 4.79 Å². The second-order valence-corrected chi connectivity index (χ2v) is 3.15. The van der Waals surface area contributed by atoms with Crippen molar-refractivity contribution >= 4 is 5.97 Å². The average Bonchev–Trinajstić information content (AvgIpc) is 2.05. The smallest absolute Gasteiger partial charge is 0.332 e. The maximum Gasteiger partial charge on any atom is 0.332 e. The van der Waals surface area contributed by atoms with Crippen molar-refractivity contribution in [2.45, 2.75) is 25.6 Å². The largest absolute Gasteiger partial charge is 0.479 e. The van der Waals surface area contributed by atoms with Crippen molar-refractivity contribution < 1.29 is 19.4 Å². The van der Waals surface area contributed by atoms with Crippen molar-refractivity contribution in [3.8, 4) is 0 Å². The van der Waals surface area contributed by atoms with E-state index in [1.165, 1.54) is 0 Å². The maximum atomic E-state index is 10.5. The van der Waals surface area contributed by atoms with E-state index in [2.05, 4.69) is 0 Å². The first-order valence-corrected chi connectivity index (χ1v) is 4.02. The molecule has 0 aliphatic carbocycles. The lowest BCUT2D eigenvalue weighted by atomic mass is 9.97. The number of carboxylic acids is 1. The number of carbonyl (C=O) groups is 1. The van der Waals surface area contributed by atoms with E-state index in [0.717, 1.165) is 0 Å². The molecule has 0 bridgehead atoms. The van der Waals surface area contributed by atoms with E-state index >= 15 is 0 Å². The minimum Gasteiger partial charge on any atom is -0.479 e. The van der Waals surface area contributed by atoms with E-state index in [-0.39, 0.29) is 12.0 Å². The molecule has 12 heavy (non-hydrogen) atoms. The number of ether oxygens (including phenoxy) is 2. The summed E-state index contributed by atoms with van der Waals surface area (Å²) in [5.74, 6) is -0.616. The molecule has 1 saturated heterocycles. The van der Waals surface area contributed by atoms with Crippen LogP contribution in [0.3, 0.4) is 0 Å². The summed E-state index contributed by atoms with van der Waals surface area (Å²) < 4.78 is 10.2. The Kier molecular flexibility index (Phi) is 3.05. The molecule has 0 aromatic carbocycles. The minimum absolute atomic E-state index is 0.0137. The first-order chi connectivity index (χ1) is 5.65. The Morgan fingerprint density at radius 3 is 2.83 bits per heavy atom. The molecule has 0 saturated carbocycles. The minimum atomic E-state index is -0.899. The van der Waals surface area contributed by atoms with Gasteiger partial charge in [-0.25, -0.2) is 4.79 Å². The van der Waals surface area contributed by atoms with Gasteiger partial charge in [0.2, 0.25) is 0 Å². The van der Waals surface area contributed by atoms with Gasteiger partial charge in [-0.15, -0.1) is 0 Å². The van der Waals surface area contributed by atoms with Crippen molar-refractivity contribution in [2.24, 2.45) is 5.92 Å². The molecular formula is C8H14O4. The van der Waals surface area contributed by atoms with Gasteiger partial charge in [-0.2, -0.15) is 0 Å². The van der Waals surface area contributed by atoms with Gasteiger partial charge in [0.05, 0.1) is 12.7 Å². The molecular weight excluding hydrogens is 160 g/mol. The van der Waals surface area contributed by atoms with Crippen molar-refractivity contribution in [1.29, 1.82) is 0 Å². The fraction of sp³-hybridized carbons (Fsp3) is 0.875. The molecule has 1 rings (SSSR count). The molecule has 3 atom stereocenters. The number of carboxylic acid groups (broad SMARTS) is 1. The monoisotopic (exact) mass is 174 g/mol. The molecule has 0 radical (unpaired) electrons. The van der Waals surface area contributed by atoms with Gasteiger partial charge in [-0.05, 0) is 0 Å². The lowest BCUT2D eigenvalue weighted by Gasteiger charge is -2.31. The molecule has 4 heteroatoms. The number of hydrogen-bond donors (Lipinski definition) is 1. The molecule has 1 N–H and O–H groups in total. The molecule has 0 aromatic rings. The summed E-state index contributed by atoms with van der Waals surface area (Å²) >= 11 is 0.